The van der Waals surface area contributed by atoms with Gasteiger partial charge < -0.3 is 5.32 Å². The number of fused-ring (bicyclic) bond motifs is 1. The standard InChI is InChI=1S/C25H24N4O/c1-2-23(30)29-21-17-25(18-9-4-3-5-10-18,22-13-6-7-16-26-22)15-14-20(21)24(28-29)27-19-11-8-12-19/h2-7,9-10,13-16,19H,1,8,11-12,17H2,(H,27,28). The first-order valence-electron chi connectivity index (χ1n) is 10.4. The SMILES string of the molecule is C=CC(=O)n1nc(NC2CCC2)c2c1CC(c1ccccc1)(c1ccccn1)C=C2. The van der Waals surface area contributed by atoms with Gasteiger partial charge in [0.25, 0.3) is 5.91 Å². The third-order valence-corrected chi connectivity index (χ3v) is 6.24. The number of allylic oxidation sites excluding steroid dienone is 2. The van der Waals surface area contributed by atoms with E-state index in [2.05, 4.69) is 41.3 Å². The Labute approximate surface area is 176 Å². The molecule has 1 fully saturated rings. The van der Waals surface area contributed by atoms with E-state index >= 15 is 0 Å². The van der Waals surface area contributed by atoms with E-state index in [1.165, 1.54) is 17.2 Å². The summed E-state index contributed by atoms with van der Waals surface area (Å²) in [7, 11) is 0. The molecule has 2 aliphatic carbocycles. The minimum absolute atomic E-state index is 0.216. The predicted molar refractivity (Wildman–Crippen MR) is 119 cm³/mol. The fourth-order valence-corrected chi connectivity index (χ4v) is 4.36. The van der Waals surface area contributed by atoms with Crippen molar-refractivity contribution in [2.75, 3.05) is 5.32 Å². The molecule has 5 rings (SSSR count). The van der Waals surface area contributed by atoms with Gasteiger partial charge in [0.05, 0.1) is 16.8 Å². The Hall–Kier alpha value is -3.47. The van der Waals surface area contributed by atoms with Crippen LogP contribution < -0.4 is 5.32 Å². The van der Waals surface area contributed by atoms with Crippen LogP contribution in [-0.2, 0) is 11.8 Å². The second-order valence-electron chi connectivity index (χ2n) is 8.00. The van der Waals surface area contributed by atoms with E-state index < -0.39 is 5.41 Å². The van der Waals surface area contributed by atoms with Crippen LogP contribution in [0.4, 0.5) is 5.82 Å². The van der Waals surface area contributed by atoms with Crippen LogP contribution in [0.5, 0.6) is 0 Å². The number of aromatic nitrogens is 3. The smallest absolute Gasteiger partial charge is 0.270 e. The summed E-state index contributed by atoms with van der Waals surface area (Å²) in [4.78, 5) is 17.4. The molecule has 5 nitrogen and oxygen atoms in total. The van der Waals surface area contributed by atoms with Gasteiger partial charge in [-0.25, -0.2) is 0 Å². The highest BCUT2D eigenvalue weighted by Gasteiger charge is 2.39. The second kappa shape index (κ2) is 7.41. The Morgan fingerprint density at radius 2 is 1.97 bits per heavy atom. The number of rotatable bonds is 5. The molecule has 150 valence electrons. The molecule has 1 atom stereocenters. The van der Waals surface area contributed by atoms with Crippen molar-refractivity contribution in [2.24, 2.45) is 0 Å². The number of pyridine rings is 1. The molecule has 1 unspecified atom stereocenters. The zero-order valence-corrected chi connectivity index (χ0v) is 16.8. The number of anilines is 1. The topological polar surface area (TPSA) is 59.8 Å². The van der Waals surface area contributed by atoms with E-state index in [9.17, 15) is 4.79 Å². The zero-order chi connectivity index (χ0) is 20.6. The summed E-state index contributed by atoms with van der Waals surface area (Å²) in [5.74, 6) is 0.565. The van der Waals surface area contributed by atoms with Crippen molar-refractivity contribution in [3.05, 3.63) is 96.0 Å². The molecule has 0 saturated heterocycles. The number of nitrogens with zero attached hydrogens (tertiary/aromatic N) is 3. The molecule has 0 spiro atoms. The third-order valence-electron chi connectivity index (χ3n) is 6.24. The van der Waals surface area contributed by atoms with Crippen LogP contribution in [0.1, 0.15) is 46.6 Å². The summed E-state index contributed by atoms with van der Waals surface area (Å²) in [5.41, 5.74) is 3.49. The van der Waals surface area contributed by atoms with E-state index in [-0.39, 0.29) is 5.91 Å². The quantitative estimate of drug-likeness (QED) is 0.639. The normalized spacial score (nSPS) is 20.3. The Kier molecular flexibility index (Phi) is 4.58. The summed E-state index contributed by atoms with van der Waals surface area (Å²) >= 11 is 0. The first-order valence-corrected chi connectivity index (χ1v) is 10.4. The largest absolute Gasteiger partial charge is 0.365 e. The summed E-state index contributed by atoms with van der Waals surface area (Å²) in [6, 6.07) is 16.7. The van der Waals surface area contributed by atoms with Crippen LogP contribution in [0.15, 0.2) is 73.5 Å². The maximum atomic E-state index is 12.7. The van der Waals surface area contributed by atoms with Gasteiger partial charge in [-0.15, -0.1) is 5.10 Å². The summed E-state index contributed by atoms with van der Waals surface area (Å²) in [6.45, 7) is 3.67. The van der Waals surface area contributed by atoms with Crippen molar-refractivity contribution >= 4 is 17.8 Å². The minimum atomic E-state index is -0.470. The van der Waals surface area contributed by atoms with Crippen LogP contribution in [-0.4, -0.2) is 26.7 Å². The van der Waals surface area contributed by atoms with Crippen LogP contribution in [0, 0.1) is 0 Å². The number of hydrogen-bond acceptors (Lipinski definition) is 4. The van der Waals surface area contributed by atoms with Gasteiger partial charge >= 0.3 is 0 Å². The van der Waals surface area contributed by atoms with E-state index in [0.29, 0.717) is 12.5 Å². The molecule has 1 aromatic carbocycles. The fourth-order valence-electron chi connectivity index (χ4n) is 4.36. The highest BCUT2D eigenvalue weighted by Crippen LogP contribution is 2.42. The lowest BCUT2D eigenvalue weighted by Crippen LogP contribution is -2.33. The van der Waals surface area contributed by atoms with Crippen molar-refractivity contribution in [3.63, 3.8) is 0 Å². The lowest BCUT2D eigenvalue weighted by molar-refractivity contribution is 0.0950. The first kappa shape index (κ1) is 18.6. The maximum Gasteiger partial charge on any atom is 0.270 e. The highest BCUT2D eigenvalue weighted by molar-refractivity contribution is 5.91. The lowest BCUT2D eigenvalue weighted by atomic mass is 9.70. The number of benzene rings is 1. The molecular formula is C25H24N4O. The average Bonchev–Trinajstić information content (AvgIpc) is 3.14. The number of hydrogen-bond donors (Lipinski definition) is 1. The van der Waals surface area contributed by atoms with E-state index in [1.807, 2.05) is 42.6 Å². The molecule has 30 heavy (non-hydrogen) atoms. The van der Waals surface area contributed by atoms with Gasteiger partial charge in [0.1, 0.15) is 0 Å². The summed E-state index contributed by atoms with van der Waals surface area (Å²) in [6.07, 6.45) is 11.6. The Balaban J connectivity index is 1.66. The van der Waals surface area contributed by atoms with Gasteiger partial charge in [0.15, 0.2) is 5.82 Å². The molecule has 0 radical (unpaired) electrons. The number of carbonyl (C=O) groups excluding carboxylic acids is 1. The Morgan fingerprint density at radius 1 is 1.17 bits per heavy atom. The zero-order valence-electron chi connectivity index (χ0n) is 16.8. The van der Waals surface area contributed by atoms with Gasteiger partial charge in [0, 0.05) is 24.2 Å². The summed E-state index contributed by atoms with van der Waals surface area (Å²) < 4.78 is 1.51. The Bertz CT molecular complexity index is 1070. The molecule has 1 saturated carbocycles. The monoisotopic (exact) mass is 396 g/mol. The molecule has 0 aliphatic heterocycles. The van der Waals surface area contributed by atoms with Crippen molar-refractivity contribution in [1.29, 1.82) is 0 Å². The van der Waals surface area contributed by atoms with Gasteiger partial charge in [-0.3, -0.25) is 9.78 Å². The second-order valence-corrected chi connectivity index (χ2v) is 8.00. The first-order chi connectivity index (χ1) is 14.7. The Morgan fingerprint density at radius 3 is 2.63 bits per heavy atom. The van der Waals surface area contributed by atoms with Crippen molar-refractivity contribution in [3.8, 4) is 0 Å². The van der Waals surface area contributed by atoms with Crippen LogP contribution >= 0.6 is 0 Å². The van der Waals surface area contributed by atoms with Crippen LogP contribution in [0.25, 0.3) is 6.08 Å². The molecule has 1 N–H and O–H groups in total. The molecular weight excluding hydrogens is 372 g/mol. The van der Waals surface area contributed by atoms with Crippen LogP contribution in [0.3, 0.4) is 0 Å². The van der Waals surface area contributed by atoms with Crippen molar-refractivity contribution in [2.45, 2.75) is 37.1 Å². The van der Waals surface area contributed by atoms with E-state index in [0.717, 1.165) is 41.2 Å². The summed E-state index contributed by atoms with van der Waals surface area (Å²) in [5, 5.41) is 8.18. The van der Waals surface area contributed by atoms with Gasteiger partial charge in [0.2, 0.25) is 0 Å². The average molecular weight is 396 g/mol. The van der Waals surface area contributed by atoms with E-state index in [1.54, 1.807) is 0 Å². The molecule has 2 aliphatic rings. The van der Waals surface area contributed by atoms with Gasteiger partial charge in [-0.1, -0.05) is 55.1 Å². The molecule has 2 aromatic heterocycles. The fraction of sp³-hybridized carbons (Fsp3) is 0.240. The molecule has 5 heteroatoms. The lowest BCUT2D eigenvalue weighted by Gasteiger charge is -2.34. The van der Waals surface area contributed by atoms with Crippen LogP contribution in [0.2, 0.25) is 0 Å². The number of nitrogens with one attached hydrogen (secondary N) is 1. The third kappa shape index (κ3) is 2.98. The maximum absolute atomic E-state index is 12.7. The van der Waals surface area contributed by atoms with Crippen molar-refractivity contribution in [1.82, 2.24) is 14.8 Å². The minimum Gasteiger partial charge on any atom is -0.365 e. The van der Waals surface area contributed by atoms with E-state index in [4.69, 9.17) is 4.98 Å². The number of carbonyl (C=O) groups is 1. The van der Waals surface area contributed by atoms with Gasteiger partial charge in [-0.05, 0) is 43.0 Å². The predicted octanol–water partition coefficient (Wildman–Crippen LogP) is 4.62. The van der Waals surface area contributed by atoms with Crippen molar-refractivity contribution < 1.29 is 4.79 Å². The molecule has 2 heterocycles. The molecule has 3 aromatic rings. The molecule has 0 bridgehead atoms. The molecule has 0 amide bonds. The highest BCUT2D eigenvalue weighted by atomic mass is 16.2. The van der Waals surface area contributed by atoms with Gasteiger partial charge in [-0.2, -0.15) is 4.68 Å².